The monoisotopic (exact) mass is 573 g/mol. The third-order valence-electron chi connectivity index (χ3n) is 9.52. The van der Waals surface area contributed by atoms with Gasteiger partial charge in [0, 0.05) is 25.7 Å². The lowest BCUT2D eigenvalue weighted by Gasteiger charge is -2.46. The Balaban J connectivity index is 2.22. The van der Waals surface area contributed by atoms with Crippen LogP contribution in [-0.4, -0.2) is 93.1 Å². The van der Waals surface area contributed by atoms with Crippen molar-refractivity contribution < 1.29 is 24.2 Å². The molecule has 3 amide bonds. The Bertz CT molecular complexity index is 1030. The summed E-state index contributed by atoms with van der Waals surface area (Å²) in [6.07, 6.45) is 6.36. The Morgan fingerprint density at radius 3 is 2.22 bits per heavy atom. The van der Waals surface area contributed by atoms with Gasteiger partial charge in [-0.25, -0.2) is 0 Å². The second-order valence-electron chi connectivity index (χ2n) is 14.8. The van der Waals surface area contributed by atoms with Crippen molar-refractivity contribution >= 4 is 17.7 Å². The molecule has 3 saturated heterocycles. The molecular formula is C33H55N3O5. The summed E-state index contributed by atoms with van der Waals surface area (Å²) in [5.41, 5.74) is -2.55. The number of carbonyl (C=O) groups excluding carboxylic acids is 3. The molecule has 0 aliphatic carbocycles. The predicted molar refractivity (Wildman–Crippen MR) is 162 cm³/mol. The first kappa shape index (κ1) is 33.3. The number of ether oxygens (including phenoxy) is 1. The molecule has 41 heavy (non-hydrogen) atoms. The number of likely N-dealkylation sites (tertiary alicyclic amines) is 1. The third kappa shape index (κ3) is 5.75. The van der Waals surface area contributed by atoms with E-state index < -0.39 is 40.7 Å². The Labute approximate surface area is 248 Å². The van der Waals surface area contributed by atoms with Crippen LogP contribution in [0.3, 0.4) is 0 Å². The molecule has 1 N–H and O–H groups in total. The number of aliphatic hydroxyl groups excluding tert-OH is 1. The first-order chi connectivity index (χ1) is 19.0. The number of likely N-dealkylation sites (N-methyl/N-ethyl adjacent to an activating group) is 1. The molecule has 0 saturated carbocycles. The average Bonchev–Trinajstić information content (AvgIpc) is 3.47. The Kier molecular flexibility index (Phi) is 9.61. The second kappa shape index (κ2) is 11.8. The molecule has 2 unspecified atom stereocenters. The fraction of sp³-hybridized carbons (Fsp3) is 0.788. The molecule has 3 heterocycles. The van der Waals surface area contributed by atoms with Gasteiger partial charge in [0.15, 0.2) is 0 Å². The van der Waals surface area contributed by atoms with E-state index in [0.717, 1.165) is 6.42 Å². The SMILES string of the molecule is C=CCN(C)C(=O)[C@H]1[C@H]2C(=O)N([C@@H](CO)CC(C)C)C(C(=O)N(CC=C)C(C)(C)CC(C)(C)C)C23CC[C@]1(CC)O3. The minimum Gasteiger partial charge on any atom is -0.394 e. The highest BCUT2D eigenvalue weighted by molar-refractivity contribution is 5.99. The van der Waals surface area contributed by atoms with Crippen molar-refractivity contribution in [3.05, 3.63) is 25.3 Å². The molecule has 232 valence electrons. The highest BCUT2D eigenvalue weighted by atomic mass is 16.5. The van der Waals surface area contributed by atoms with E-state index in [-0.39, 0.29) is 35.7 Å². The van der Waals surface area contributed by atoms with Gasteiger partial charge in [-0.3, -0.25) is 14.4 Å². The lowest BCUT2D eigenvalue weighted by atomic mass is 9.64. The number of hydrogen-bond acceptors (Lipinski definition) is 5. The van der Waals surface area contributed by atoms with Gasteiger partial charge in [0.2, 0.25) is 17.7 Å². The van der Waals surface area contributed by atoms with Gasteiger partial charge in [-0.15, -0.1) is 13.2 Å². The first-order valence-corrected chi connectivity index (χ1v) is 15.4. The summed E-state index contributed by atoms with van der Waals surface area (Å²) in [6.45, 7) is 24.8. The highest BCUT2D eigenvalue weighted by Crippen LogP contribution is 2.65. The number of nitrogens with zero attached hydrogens (tertiary/aromatic N) is 3. The van der Waals surface area contributed by atoms with E-state index in [1.54, 1.807) is 29.0 Å². The summed E-state index contributed by atoms with van der Waals surface area (Å²) in [4.78, 5) is 48.7. The van der Waals surface area contributed by atoms with Gasteiger partial charge in [-0.05, 0) is 57.3 Å². The van der Waals surface area contributed by atoms with Crippen molar-refractivity contribution in [1.82, 2.24) is 14.7 Å². The van der Waals surface area contributed by atoms with Crippen LogP contribution in [0.15, 0.2) is 25.3 Å². The summed E-state index contributed by atoms with van der Waals surface area (Å²) < 4.78 is 6.97. The molecule has 2 bridgehead atoms. The lowest BCUT2D eigenvalue weighted by molar-refractivity contribution is -0.161. The maximum Gasteiger partial charge on any atom is 0.249 e. The zero-order chi connectivity index (χ0) is 31.1. The number of amides is 3. The number of aliphatic hydroxyl groups is 1. The quantitative estimate of drug-likeness (QED) is 0.330. The fourth-order valence-electron chi connectivity index (χ4n) is 8.35. The Morgan fingerprint density at radius 1 is 1.12 bits per heavy atom. The van der Waals surface area contributed by atoms with Crippen molar-refractivity contribution in [3.63, 3.8) is 0 Å². The van der Waals surface area contributed by atoms with Gasteiger partial charge >= 0.3 is 0 Å². The largest absolute Gasteiger partial charge is 0.394 e. The molecular weight excluding hydrogens is 518 g/mol. The lowest BCUT2D eigenvalue weighted by Crippen LogP contribution is -2.62. The van der Waals surface area contributed by atoms with E-state index in [2.05, 4.69) is 47.8 Å². The van der Waals surface area contributed by atoms with E-state index >= 15 is 0 Å². The zero-order valence-corrected chi connectivity index (χ0v) is 27.0. The second-order valence-corrected chi connectivity index (χ2v) is 14.8. The van der Waals surface area contributed by atoms with Crippen molar-refractivity contribution in [2.45, 2.75) is 116 Å². The minimum atomic E-state index is -1.14. The van der Waals surface area contributed by atoms with Crippen LogP contribution in [0.5, 0.6) is 0 Å². The molecule has 3 aliphatic heterocycles. The fourth-order valence-corrected chi connectivity index (χ4v) is 8.35. The van der Waals surface area contributed by atoms with Crippen LogP contribution in [0, 0.1) is 23.2 Å². The van der Waals surface area contributed by atoms with Crippen molar-refractivity contribution in [2.24, 2.45) is 23.2 Å². The summed E-state index contributed by atoms with van der Waals surface area (Å²) in [5.74, 6) is -1.91. The molecule has 0 aromatic rings. The van der Waals surface area contributed by atoms with Gasteiger partial charge in [-0.2, -0.15) is 0 Å². The van der Waals surface area contributed by atoms with Gasteiger partial charge in [0.1, 0.15) is 11.6 Å². The molecule has 8 nitrogen and oxygen atoms in total. The first-order valence-electron chi connectivity index (χ1n) is 15.4. The zero-order valence-electron chi connectivity index (χ0n) is 27.0. The molecule has 3 fully saturated rings. The van der Waals surface area contributed by atoms with Crippen molar-refractivity contribution in [3.8, 4) is 0 Å². The van der Waals surface area contributed by atoms with Crippen LogP contribution in [0.25, 0.3) is 0 Å². The summed E-state index contributed by atoms with van der Waals surface area (Å²) in [7, 11) is 1.72. The van der Waals surface area contributed by atoms with Crippen molar-refractivity contribution in [2.75, 3.05) is 26.7 Å². The Morgan fingerprint density at radius 2 is 1.73 bits per heavy atom. The maximum atomic E-state index is 15.0. The standard InChI is InChI=1S/C33H55N3O5/c1-12-17-34(11)27(38)24-25-28(39)36(23(20-37)19-22(4)5)26(33(25)16-15-32(24,14-3)41-33)29(40)35(18-13-2)31(9,10)21-30(6,7)8/h12-13,22-26,37H,1-2,14-21H2,3-11H3/t23-,24-,25+,26?,32+,33?/m1/s1. The highest BCUT2D eigenvalue weighted by Gasteiger charge is 2.79. The van der Waals surface area contributed by atoms with E-state index in [1.807, 2.05) is 25.7 Å². The third-order valence-corrected chi connectivity index (χ3v) is 9.52. The van der Waals surface area contributed by atoms with E-state index in [0.29, 0.717) is 38.8 Å². The van der Waals surface area contributed by atoms with E-state index in [9.17, 15) is 19.5 Å². The van der Waals surface area contributed by atoms with Crippen LogP contribution in [-0.2, 0) is 19.1 Å². The van der Waals surface area contributed by atoms with Crippen LogP contribution in [0.2, 0.25) is 0 Å². The molecule has 1 spiro atoms. The maximum absolute atomic E-state index is 15.0. The summed E-state index contributed by atoms with van der Waals surface area (Å²) in [6, 6.07) is -1.50. The predicted octanol–water partition coefficient (Wildman–Crippen LogP) is 4.42. The van der Waals surface area contributed by atoms with Crippen LogP contribution >= 0.6 is 0 Å². The number of hydrogen-bond donors (Lipinski definition) is 1. The molecule has 6 atom stereocenters. The summed E-state index contributed by atoms with van der Waals surface area (Å²) in [5, 5.41) is 10.6. The number of fused-ring (bicyclic) bond motifs is 1. The van der Waals surface area contributed by atoms with Crippen LogP contribution < -0.4 is 0 Å². The normalized spacial score (nSPS) is 30.0. The van der Waals surface area contributed by atoms with Crippen LogP contribution in [0.1, 0.15) is 87.5 Å². The number of rotatable bonds is 13. The molecule has 0 radical (unpaired) electrons. The Hall–Kier alpha value is -2.19. The van der Waals surface area contributed by atoms with Crippen molar-refractivity contribution in [1.29, 1.82) is 0 Å². The summed E-state index contributed by atoms with van der Waals surface area (Å²) >= 11 is 0. The molecule has 8 heteroatoms. The smallest absolute Gasteiger partial charge is 0.249 e. The number of carbonyl (C=O) groups is 3. The molecule has 3 aliphatic rings. The van der Waals surface area contributed by atoms with Gasteiger partial charge in [0.05, 0.1) is 30.1 Å². The molecule has 3 rings (SSSR count). The average molecular weight is 574 g/mol. The molecule has 0 aromatic carbocycles. The van der Waals surface area contributed by atoms with Gasteiger partial charge < -0.3 is 24.5 Å². The van der Waals surface area contributed by atoms with Gasteiger partial charge in [-0.1, -0.05) is 53.7 Å². The van der Waals surface area contributed by atoms with Crippen LogP contribution in [0.4, 0.5) is 0 Å². The molecule has 0 aromatic heterocycles. The van der Waals surface area contributed by atoms with Gasteiger partial charge in [0.25, 0.3) is 0 Å². The van der Waals surface area contributed by atoms with E-state index in [1.165, 1.54) is 0 Å². The van der Waals surface area contributed by atoms with E-state index in [4.69, 9.17) is 4.74 Å². The minimum absolute atomic E-state index is 0.0533. The topological polar surface area (TPSA) is 90.4 Å².